The van der Waals surface area contributed by atoms with Crippen LogP contribution in [0.5, 0.6) is 0 Å². The van der Waals surface area contributed by atoms with Crippen LogP contribution in [-0.4, -0.2) is 39.1 Å². The smallest absolute Gasteiger partial charge is 0.310 e. The number of nitro benzene ring substituents is 1. The summed E-state index contributed by atoms with van der Waals surface area (Å²) < 4.78 is 23.1. The number of hydrogen-bond acceptors (Lipinski definition) is 6. The lowest BCUT2D eigenvalue weighted by Gasteiger charge is -2.09. The van der Waals surface area contributed by atoms with Crippen LogP contribution in [0.15, 0.2) is 23.1 Å². The van der Waals surface area contributed by atoms with Gasteiger partial charge in [0.25, 0.3) is 0 Å². The number of para-hydroxylation sites is 1. The first-order valence-corrected chi connectivity index (χ1v) is 7.58. The molecule has 20 heavy (non-hydrogen) atoms. The van der Waals surface area contributed by atoms with Gasteiger partial charge in [-0.15, -0.1) is 0 Å². The summed E-state index contributed by atoms with van der Waals surface area (Å²) in [6.45, 7) is 0.160. The highest BCUT2D eigenvalue weighted by atomic mass is 32.2. The van der Waals surface area contributed by atoms with Crippen molar-refractivity contribution in [1.29, 1.82) is 0 Å². The van der Waals surface area contributed by atoms with Crippen LogP contribution in [-0.2, 0) is 14.6 Å². The number of anilines is 1. The van der Waals surface area contributed by atoms with E-state index in [4.69, 9.17) is 0 Å². The topological polar surface area (TPSA) is 118 Å². The summed E-state index contributed by atoms with van der Waals surface area (Å²) in [6, 6.07) is 3.99. The van der Waals surface area contributed by atoms with Crippen LogP contribution in [0, 0.1) is 10.1 Å². The van der Waals surface area contributed by atoms with Crippen molar-refractivity contribution in [2.45, 2.75) is 11.3 Å². The summed E-state index contributed by atoms with van der Waals surface area (Å²) in [4.78, 5) is 21.0. The number of benzene rings is 1. The molecule has 0 saturated carbocycles. The number of hydrogen-bond donors (Lipinski definition) is 2. The molecule has 1 aromatic rings. The van der Waals surface area contributed by atoms with Crippen molar-refractivity contribution in [2.75, 3.05) is 25.2 Å². The molecule has 1 rings (SSSR count). The molecule has 2 N–H and O–H groups in total. The number of nitrogens with one attached hydrogen (secondary N) is 2. The van der Waals surface area contributed by atoms with Crippen molar-refractivity contribution >= 4 is 27.1 Å². The number of carbonyl (C=O) groups excluding carboxylic acids is 1. The minimum atomic E-state index is -3.71. The Labute approximate surface area is 116 Å². The van der Waals surface area contributed by atoms with E-state index in [0.717, 1.165) is 6.26 Å². The highest BCUT2D eigenvalue weighted by molar-refractivity contribution is 7.90. The molecular weight excluding hydrogens is 286 g/mol. The molecule has 1 amide bonds. The largest absolute Gasteiger partial charge is 0.379 e. The quantitative estimate of drug-likeness (QED) is 0.585. The lowest BCUT2D eigenvalue weighted by molar-refractivity contribution is -0.386. The first-order chi connectivity index (χ1) is 9.27. The zero-order valence-electron chi connectivity index (χ0n) is 11.0. The van der Waals surface area contributed by atoms with Gasteiger partial charge in [0, 0.05) is 26.3 Å². The molecule has 8 nitrogen and oxygen atoms in total. The summed E-state index contributed by atoms with van der Waals surface area (Å²) in [5, 5.41) is 16.2. The summed E-state index contributed by atoms with van der Waals surface area (Å²) in [5.41, 5.74) is -0.436. The van der Waals surface area contributed by atoms with Gasteiger partial charge in [-0.25, -0.2) is 8.42 Å². The molecule has 0 spiro atoms. The molecule has 0 saturated heterocycles. The van der Waals surface area contributed by atoms with Crippen LogP contribution in [0.1, 0.15) is 6.42 Å². The molecular formula is C11H15N3O5S. The Morgan fingerprint density at radius 2 is 2.05 bits per heavy atom. The van der Waals surface area contributed by atoms with Crippen LogP contribution in [0.3, 0.4) is 0 Å². The first kappa shape index (κ1) is 15.9. The number of amides is 1. The molecule has 0 aliphatic heterocycles. The normalized spacial score (nSPS) is 10.9. The molecule has 9 heteroatoms. The van der Waals surface area contributed by atoms with Crippen LogP contribution in [0.25, 0.3) is 0 Å². The Hall–Kier alpha value is -2.16. The van der Waals surface area contributed by atoms with Crippen molar-refractivity contribution < 1.29 is 18.1 Å². The van der Waals surface area contributed by atoms with Gasteiger partial charge >= 0.3 is 5.69 Å². The maximum absolute atomic E-state index is 11.5. The molecule has 0 heterocycles. The second kappa shape index (κ2) is 6.33. The van der Waals surface area contributed by atoms with Crippen LogP contribution < -0.4 is 10.6 Å². The molecule has 0 radical (unpaired) electrons. The first-order valence-electron chi connectivity index (χ1n) is 5.69. The maximum atomic E-state index is 11.5. The van der Waals surface area contributed by atoms with E-state index in [-0.39, 0.29) is 29.5 Å². The zero-order chi connectivity index (χ0) is 15.3. The second-order valence-electron chi connectivity index (χ2n) is 4.03. The van der Waals surface area contributed by atoms with Crippen molar-refractivity contribution in [3.63, 3.8) is 0 Å². The van der Waals surface area contributed by atoms with Crippen LogP contribution in [0.2, 0.25) is 0 Å². The Kier molecular flexibility index (Phi) is 5.03. The van der Waals surface area contributed by atoms with E-state index in [1.807, 2.05) is 0 Å². The van der Waals surface area contributed by atoms with Gasteiger partial charge in [-0.1, -0.05) is 6.07 Å². The van der Waals surface area contributed by atoms with Gasteiger partial charge in [-0.3, -0.25) is 14.9 Å². The van der Waals surface area contributed by atoms with Gasteiger partial charge in [0.15, 0.2) is 9.84 Å². The van der Waals surface area contributed by atoms with Crippen LogP contribution >= 0.6 is 0 Å². The van der Waals surface area contributed by atoms with E-state index in [1.54, 1.807) is 0 Å². The van der Waals surface area contributed by atoms with E-state index in [9.17, 15) is 23.3 Å². The molecule has 0 bridgehead atoms. The standard InChI is InChI=1S/C11H15N3O5S/c1-12-10(15)6-7-13-8-4-3-5-9(20(2,18)19)11(8)14(16)17/h3-5,13H,6-7H2,1-2H3,(H,12,15). The van der Waals surface area contributed by atoms with Crippen molar-refractivity contribution in [3.05, 3.63) is 28.3 Å². The Bertz CT molecular complexity index is 627. The Balaban J connectivity index is 3.08. The molecule has 0 unspecified atom stereocenters. The Morgan fingerprint density at radius 1 is 1.40 bits per heavy atom. The van der Waals surface area contributed by atoms with Crippen molar-refractivity contribution in [2.24, 2.45) is 0 Å². The number of sulfone groups is 1. The van der Waals surface area contributed by atoms with Gasteiger partial charge < -0.3 is 10.6 Å². The molecule has 0 aliphatic rings. The van der Waals surface area contributed by atoms with E-state index in [0.29, 0.717) is 0 Å². The molecule has 1 aromatic carbocycles. The van der Waals surface area contributed by atoms with Gasteiger partial charge in [-0.2, -0.15) is 0 Å². The predicted octanol–water partition coefficient (Wildman–Crippen LogP) is 0.546. The molecule has 0 aromatic heterocycles. The predicted molar refractivity (Wildman–Crippen MR) is 73.4 cm³/mol. The number of nitro groups is 1. The van der Waals surface area contributed by atoms with Gasteiger partial charge in [0.1, 0.15) is 10.6 Å². The summed E-state index contributed by atoms with van der Waals surface area (Å²) in [6.07, 6.45) is 1.03. The van der Waals surface area contributed by atoms with Crippen molar-refractivity contribution in [3.8, 4) is 0 Å². The number of rotatable bonds is 6. The molecule has 0 aliphatic carbocycles. The third kappa shape index (κ3) is 3.92. The maximum Gasteiger partial charge on any atom is 0.310 e. The molecule has 0 fully saturated rings. The van der Waals surface area contributed by atoms with E-state index < -0.39 is 20.4 Å². The van der Waals surface area contributed by atoms with Crippen molar-refractivity contribution in [1.82, 2.24) is 5.32 Å². The lowest BCUT2D eigenvalue weighted by Crippen LogP contribution is -2.21. The van der Waals surface area contributed by atoms with Crippen LogP contribution in [0.4, 0.5) is 11.4 Å². The average molecular weight is 301 g/mol. The van der Waals surface area contributed by atoms with Gasteiger partial charge in [0.05, 0.1) is 4.92 Å². The summed E-state index contributed by atoms with van der Waals surface area (Å²) in [5.74, 6) is -0.223. The third-order valence-electron chi connectivity index (χ3n) is 2.53. The van der Waals surface area contributed by atoms with E-state index in [2.05, 4.69) is 10.6 Å². The highest BCUT2D eigenvalue weighted by Gasteiger charge is 2.25. The number of carbonyl (C=O) groups is 1. The fraction of sp³-hybridized carbons (Fsp3) is 0.364. The Morgan fingerprint density at radius 3 is 2.55 bits per heavy atom. The fourth-order valence-corrected chi connectivity index (χ4v) is 2.45. The lowest BCUT2D eigenvalue weighted by atomic mass is 10.2. The minimum Gasteiger partial charge on any atom is -0.379 e. The monoisotopic (exact) mass is 301 g/mol. The summed E-state index contributed by atoms with van der Waals surface area (Å²) in [7, 11) is -2.23. The average Bonchev–Trinajstić information content (AvgIpc) is 2.36. The highest BCUT2D eigenvalue weighted by Crippen LogP contribution is 2.31. The molecule has 0 atom stereocenters. The number of nitrogens with zero attached hydrogens (tertiary/aromatic N) is 1. The third-order valence-corrected chi connectivity index (χ3v) is 3.66. The SMILES string of the molecule is CNC(=O)CCNc1cccc(S(C)(=O)=O)c1[N+](=O)[O-]. The molecule has 110 valence electrons. The van der Waals surface area contributed by atoms with E-state index >= 15 is 0 Å². The summed E-state index contributed by atoms with van der Waals surface area (Å²) >= 11 is 0. The van der Waals surface area contributed by atoms with Gasteiger partial charge in [-0.05, 0) is 12.1 Å². The minimum absolute atomic E-state index is 0.0711. The zero-order valence-corrected chi connectivity index (χ0v) is 11.9. The second-order valence-corrected chi connectivity index (χ2v) is 6.02. The van der Waals surface area contributed by atoms with Gasteiger partial charge in [0.2, 0.25) is 5.91 Å². The fourth-order valence-electron chi connectivity index (χ4n) is 1.59. The van der Waals surface area contributed by atoms with E-state index in [1.165, 1.54) is 25.2 Å².